The van der Waals surface area contributed by atoms with Crippen molar-refractivity contribution in [1.29, 1.82) is 0 Å². The monoisotopic (exact) mass is 736 g/mol. The van der Waals surface area contributed by atoms with Gasteiger partial charge in [-0.05, 0) is 71.5 Å². The van der Waals surface area contributed by atoms with Crippen LogP contribution in [0.25, 0.3) is 77.7 Å². The van der Waals surface area contributed by atoms with Gasteiger partial charge in [-0.25, -0.2) is 4.99 Å². The Hall–Kier alpha value is -7.15. The first-order chi connectivity index (χ1) is 28.2. The van der Waals surface area contributed by atoms with Crippen molar-refractivity contribution in [2.24, 2.45) is 4.99 Å². The molecule has 0 spiro atoms. The highest BCUT2D eigenvalue weighted by Crippen LogP contribution is 2.42. The van der Waals surface area contributed by atoms with Crippen LogP contribution in [0, 0.1) is 0 Å². The molecule has 0 saturated heterocycles. The molecule has 2 aliphatic rings. The molecule has 2 atom stereocenters. The van der Waals surface area contributed by atoms with Gasteiger partial charge in [0.1, 0.15) is 34.9 Å². The quantitative estimate of drug-likeness (QED) is 0.185. The predicted octanol–water partition coefficient (Wildman–Crippen LogP) is 12.4. The molecule has 0 radical (unpaired) electrons. The topological polar surface area (TPSA) is 67.6 Å². The van der Waals surface area contributed by atoms with Crippen LogP contribution in [-0.2, 0) is 6.42 Å². The number of hydrogen-bond donors (Lipinski definition) is 2. The highest BCUT2D eigenvalue weighted by Gasteiger charge is 2.27. The van der Waals surface area contributed by atoms with Crippen molar-refractivity contribution in [3.8, 4) is 16.8 Å². The van der Waals surface area contributed by atoms with Crippen LogP contribution < -0.4 is 10.6 Å². The maximum absolute atomic E-state index is 6.84. The van der Waals surface area contributed by atoms with Crippen LogP contribution in [0.5, 0.6) is 0 Å². The first kappa shape index (κ1) is 32.1. The lowest BCUT2D eigenvalue weighted by atomic mass is 10.0. The number of fused-ring (bicyclic) bond motifs is 9. The second kappa shape index (κ2) is 12.7. The van der Waals surface area contributed by atoms with Gasteiger partial charge >= 0.3 is 0 Å². The Morgan fingerprint density at radius 3 is 2.18 bits per heavy atom. The van der Waals surface area contributed by atoms with Crippen molar-refractivity contribution >= 4 is 66.7 Å². The molecule has 57 heavy (non-hydrogen) atoms. The molecule has 12 rings (SSSR count). The summed E-state index contributed by atoms with van der Waals surface area (Å²) in [7, 11) is 0. The fourth-order valence-corrected chi connectivity index (χ4v) is 9.08. The van der Waals surface area contributed by atoms with Crippen molar-refractivity contribution in [3.05, 3.63) is 192 Å². The lowest BCUT2D eigenvalue weighted by Gasteiger charge is -2.32. The van der Waals surface area contributed by atoms with E-state index in [0.717, 1.165) is 96.1 Å². The van der Waals surface area contributed by atoms with Gasteiger partial charge in [0.2, 0.25) is 0 Å². The zero-order chi connectivity index (χ0) is 37.5. The third-order valence-electron chi connectivity index (χ3n) is 11.8. The van der Waals surface area contributed by atoms with Gasteiger partial charge in [-0.1, -0.05) is 133 Å². The van der Waals surface area contributed by atoms with Crippen LogP contribution in [0.3, 0.4) is 0 Å². The second-order valence-corrected chi connectivity index (χ2v) is 15.1. The number of hydrogen-bond acceptors (Lipinski definition) is 5. The zero-order valence-corrected chi connectivity index (χ0v) is 30.9. The van der Waals surface area contributed by atoms with Crippen LogP contribution in [0.2, 0.25) is 0 Å². The summed E-state index contributed by atoms with van der Waals surface area (Å²) in [6.45, 7) is 0. The fourth-order valence-electron chi connectivity index (χ4n) is 9.08. The van der Waals surface area contributed by atoms with E-state index in [4.69, 9.17) is 13.8 Å². The van der Waals surface area contributed by atoms with E-state index in [1.165, 1.54) is 22.2 Å². The number of aryl methyl sites for hydroxylation is 1. The van der Waals surface area contributed by atoms with E-state index in [2.05, 4.69) is 161 Å². The number of allylic oxidation sites excluding steroid dienone is 1. The maximum Gasteiger partial charge on any atom is 0.159 e. The highest BCUT2D eigenvalue weighted by molar-refractivity contribution is 6.12. The Balaban J connectivity index is 0.952. The molecule has 1 aliphatic carbocycles. The molecule has 10 aromatic rings. The van der Waals surface area contributed by atoms with Crippen molar-refractivity contribution < 1.29 is 8.83 Å². The minimum absolute atomic E-state index is 0.115. The molecule has 0 fully saturated rings. The van der Waals surface area contributed by atoms with Gasteiger partial charge in [0.05, 0.1) is 11.2 Å². The summed E-state index contributed by atoms with van der Waals surface area (Å²) in [5.41, 5.74) is 13.6. The van der Waals surface area contributed by atoms with E-state index >= 15 is 0 Å². The largest absolute Gasteiger partial charge is 0.455 e. The number of para-hydroxylation sites is 3. The predicted molar refractivity (Wildman–Crippen MR) is 232 cm³/mol. The molecule has 272 valence electrons. The summed E-state index contributed by atoms with van der Waals surface area (Å²) in [6.07, 6.45) is 6.26. The lowest BCUT2D eigenvalue weighted by molar-refractivity contribution is 0.409. The Morgan fingerprint density at radius 1 is 0.579 bits per heavy atom. The number of furan rings is 2. The first-order valence-electron chi connectivity index (χ1n) is 19.7. The van der Waals surface area contributed by atoms with E-state index in [1.807, 2.05) is 24.3 Å². The van der Waals surface area contributed by atoms with E-state index in [9.17, 15) is 0 Å². The molecule has 1 aliphatic heterocycles. The van der Waals surface area contributed by atoms with Gasteiger partial charge in [-0.3, -0.25) is 5.32 Å². The lowest BCUT2D eigenvalue weighted by Crippen LogP contribution is -2.44. The Bertz CT molecular complexity index is 3260. The van der Waals surface area contributed by atoms with Crippen LogP contribution in [0.15, 0.2) is 178 Å². The normalized spacial score (nSPS) is 16.7. The summed E-state index contributed by atoms with van der Waals surface area (Å²) in [5, 5.41) is 13.0. The van der Waals surface area contributed by atoms with Gasteiger partial charge in [0.15, 0.2) is 5.58 Å². The average Bonchev–Trinajstić information content (AvgIpc) is 3.96. The number of aromatic nitrogens is 1. The summed E-state index contributed by atoms with van der Waals surface area (Å²) >= 11 is 0. The Kier molecular flexibility index (Phi) is 7.16. The molecule has 6 nitrogen and oxygen atoms in total. The number of nitrogens with one attached hydrogen (secondary N) is 2. The van der Waals surface area contributed by atoms with E-state index in [-0.39, 0.29) is 12.3 Å². The van der Waals surface area contributed by atoms with E-state index < -0.39 is 0 Å². The number of amidine groups is 1. The SMILES string of the molecule is C1=Cc2c(c3ccccc3n2-c2cccc3c2oc2cc(-c4cccc5c4oc4cc(C6N=C(c7ccccc7)NC(c7ccccc7)N6)ccc45)ccc23)CC1. The van der Waals surface area contributed by atoms with Crippen LogP contribution in [0.1, 0.15) is 46.7 Å². The molecule has 2 unspecified atom stereocenters. The summed E-state index contributed by atoms with van der Waals surface area (Å²) in [6, 6.07) is 55.4. The maximum atomic E-state index is 6.84. The molecule has 7 aromatic carbocycles. The van der Waals surface area contributed by atoms with Crippen molar-refractivity contribution in [1.82, 2.24) is 15.2 Å². The van der Waals surface area contributed by atoms with Crippen LogP contribution in [0.4, 0.5) is 0 Å². The standard InChI is InChI=1S/C51H36N4O2/c1-3-13-31(14-4-1)49-52-50(32-15-5-2-6-16-32)54-51(53-49)34-26-28-38-40-20-11-19-35(47(40)56-46(38)30-34)33-25-27-39-41-21-12-24-44(48(41)57-45(39)29-33)55-42-22-9-7-17-36(42)37-18-8-10-23-43(37)55/h1-7,9-17,19-30,49,51,53H,8,18H2,(H,52,54). The zero-order valence-electron chi connectivity index (χ0n) is 30.9. The third kappa shape index (κ3) is 5.11. The van der Waals surface area contributed by atoms with Crippen LogP contribution in [-0.4, -0.2) is 10.4 Å². The van der Waals surface area contributed by atoms with Crippen molar-refractivity contribution in [2.75, 3.05) is 0 Å². The van der Waals surface area contributed by atoms with E-state index in [1.54, 1.807) is 0 Å². The minimum atomic E-state index is -0.282. The van der Waals surface area contributed by atoms with Crippen molar-refractivity contribution in [3.63, 3.8) is 0 Å². The number of rotatable bonds is 5. The van der Waals surface area contributed by atoms with Gasteiger partial charge in [0.25, 0.3) is 0 Å². The number of nitrogens with zero attached hydrogens (tertiary/aromatic N) is 2. The van der Waals surface area contributed by atoms with Gasteiger partial charge in [-0.15, -0.1) is 0 Å². The first-order valence-corrected chi connectivity index (χ1v) is 19.7. The average molecular weight is 737 g/mol. The smallest absolute Gasteiger partial charge is 0.159 e. The Labute approximate surface area is 328 Å². The third-order valence-corrected chi connectivity index (χ3v) is 11.8. The molecule has 0 bridgehead atoms. The number of benzene rings is 7. The molecule has 2 N–H and O–H groups in total. The van der Waals surface area contributed by atoms with E-state index in [0.29, 0.717) is 0 Å². The molecular formula is C51H36N4O2. The minimum Gasteiger partial charge on any atom is -0.455 e. The summed E-state index contributed by atoms with van der Waals surface area (Å²) in [5.74, 6) is 0.853. The highest BCUT2D eigenvalue weighted by atomic mass is 16.3. The fraction of sp³-hybridized carbons (Fsp3) is 0.0784. The summed E-state index contributed by atoms with van der Waals surface area (Å²) < 4.78 is 16.0. The second-order valence-electron chi connectivity index (χ2n) is 15.1. The molecular weight excluding hydrogens is 701 g/mol. The Morgan fingerprint density at radius 2 is 1.30 bits per heavy atom. The summed E-state index contributed by atoms with van der Waals surface area (Å²) in [4.78, 5) is 5.17. The molecule has 0 saturated carbocycles. The van der Waals surface area contributed by atoms with Gasteiger partial charge < -0.3 is 18.7 Å². The van der Waals surface area contributed by atoms with Gasteiger partial charge in [-0.2, -0.15) is 0 Å². The number of aliphatic imine (C=N–C) groups is 1. The molecule has 3 aromatic heterocycles. The molecule has 4 heterocycles. The molecule has 6 heteroatoms. The van der Waals surface area contributed by atoms with Crippen LogP contribution >= 0.6 is 0 Å². The van der Waals surface area contributed by atoms with Gasteiger partial charge in [0, 0.05) is 43.8 Å². The molecule has 0 amide bonds. The van der Waals surface area contributed by atoms with Crippen molar-refractivity contribution in [2.45, 2.75) is 25.2 Å².